The lowest BCUT2D eigenvalue weighted by Crippen LogP contribution is -2.19. The summed E-state index contributed by atoms with van der Waals surface area (Å²) in [7, 11) is -1.19. The first-order valence-corrected chi connectivity index (χ1v) is 15.3. The highest BCUT2D eigenvalue weighted by atomic mass is 31.2. The fraction of sp³-hybridized carbons (Fsp3) is 0.296. The zero-order valence-corrected chi connectivity index (χ0v) is 23.3. The Kier molecular flexibility index (Phi) is 6.34. The van der Waals surface area contributed by atoms with Gasteiger partial charge in [-0.2, -0.15) is 23.4 Å². The molecule has 0 aliphatic heterocycles. The van der Waals surface area contributed by atoms with Crippen LogP contribution >= 0.6 is 7.14 Å². The van der Waals surface area contributed by atoms with Gasteiger partial charge in [0, 0.05) is 47.2 Å². The fourth-order valence-corrected chi connectivity index (χ4v) is 5.82. The quantitative estimate of drug-likeness (QED) is 0.168. The van der Waals surface area contributed by atoms with E-state index in [-0.39, 0.29) is 28.4 Å². The number of imidazole rings is 1. The van der Waals surface area contributed by atoms with Crippen LogP contribution in [0.1, 0.15) is 30.1 Å². The Labute approximate surface area is 234 Å². The number of fused-ring (bicyclic) bond motifs is 1. The molecule has 0 saturated heterocycles. The van der Waals surface area contributed by atoms with Gasteiger partial charge in [-0.15, -0.1) is 13.2 Å². The normalized spacial score (nSPS) is 14.6. The van der Waals surface area contributed by atoms with Gasteiger partial charge in [0.1, 0.15) is 24.4 Å². The van der Waals surface area contributed by atoms with Crippen molar-refractivity contribution in [1.29, 1.82) is 0 Å². The molecule has 1 saturated carbocycles. The van der Waals surface area contributed by atoms with E-state index in [1.54, 1.807) is 36.0 Å². The zero-order chi connectivity index (χ0) is 30.2. The summed E-state index contributed by atoms with van der Waals surface area (Å²) in [5.74, 6) is -0.260. The molecule has 220 valence electrons. The number of ether oxygens (including phenoxy) is 1. The Morgan fingerprint density at radius 3 is 2.38 bits per heavy atom. The van der Waals surface area contributed by atoms with Gasteiger partial charge >= 0.3 is 12.5 Å². The molecule has 8 nitrogen and oxygen atoms in total. The van der Waals surface area contributed by atoms with Crippen LogP contribution in [0.5, 0.6) is 5.75 Å². The van der Waals surface area contributed by atoms with E-state index in [2.05, 4.69) is 14.9 Å². The summed E-state index contributed by atoms with van der Waals surface area (Å²) in [6.45, 7) is 2.91. The van der Waals surface area contributed by atoms with Crippen molar-refractivity contribution < 1.29 is 35.6 Å². The minimum Gasteiger partial charge on any atom is -0.405 e. The first kappa shape index (κ1) is 28.1. The summed E-state index contributed by atoms with van der Waals surface area (Å²) < 4.78 is 99.6. The number of aromatic nitrogens is 6. The number of nitrogens with zero attached hydrogens (tertiary/aromatic N) is 5. The molecular weight excluding hydrogens is 585 g/mol. The maximum absolute atomic E-state index is 13.4. The molecule has 5 aromatic rings. The highest BCUT2D eigenvalue weighted by molar-refractivity contribution is 7.70. The zero-order valence-electron chi connectivity index (χ0n) is 22.4. The summed E-state index contributed by atoms with van der Waals surface area (Å²) in [5.41, 5.74) is 1.42. The predicted octanol–water partition coefficient (Wildman–Crippen LogP) is 6.86. The first-order valence-electron chi connectivity index (χ1n) is 12.7. The van der Waals surface area contributed by atoms with Crippen LogP contribution in [-0.2, 0) is 17.8 Å². The number of nitrogens with one attached hydrogen (secondary N) is 1. The molecule has 0 bridgehead atoms. The van der Waals surface area contributed by atoms with E-state index < -0.39 is 31.1 Å². The maximum atomic E-state index is 13.4. The highest BCUT2D eigenvalue weighted by Gasteiger charge is 2.36. The molecule has 2 aromatic carbocycles. The van der Waals surface area contributed by atoms with Gasteiger partial charge in [0.25, 0.3) is 0 Å². The molecule has 0 unspecified atom stereocenters. The molecular formula is C27H23F6N6O2P. The third-order valence-electron chi connectivity index (χ3n) is 7.07. The van der Waals surface area contributed by atoms with Crippen molar-refractivity contribution in [2.75, 3.05) is 13.3 Å². The highest BCUT2D eigenvalue weighted by Crippen LogP contribution is 2.48. The first-order chi connectivity index (χ1) is 19.6. The van der Waals surface area contributed by atoms with E-state index in [0.717, 1.165) is 30.7 Å². The van der Waals surface area contributed by atoms with E-state index in [1.165, 1.54) is 30.1 Å². The van der Waals surface area contributed by atoms with Gasteiger partial charge in [-0.3, -0.25) is 5.10 Å². The second kappa shape index (κ2) is 9.48. The lowest BCUT2D eigenvalue weighted by Gasteiger charge is -2.16. The molecule has 3 aromatic heterocycles. The summed E-state index contributed by atoms with van der Waals surface area (Å²) in [4.78, 5) is 4.80. The summed E-state index contributed by atoms with van der Waals surface area (Å²) in [6, 6.07) is 10.1. The number of hydrogen-bond acceptors (Lipinski definition) is 5. The average Bonchev–Trinajstić information content (AvgIpc) is 3.28. The van der Waals surface area contributed by atoms with Crippen molar-refractivity contribution in [1.82, 2.24) is 29.5 Å². The minimum atomic E-state index is -5.00. The maximum Gasteiger partial charge on any atom is 0.573 e. The fourth-order valence-electron chi connectivity index (χ4n) is 4.95. The number of benzene rings is 2. The molecule has 42 heavy (non-hydrogen) atoms. The number of alkyl halides is 6. The van der Waals surface area contributed by atoms with Crippen LogP contribution < -0.4 is 10.0 Å². The predicted molar refractivity (Wildman–Crippen MR) is 144 cm³/mol. The molecule has 1 aliphatic rings. The minimum absolute atomic E-state index is 0.0632. The van der Waals surface area contributed by atoms with Gasteiger partial charge in [-0.05, 0) is 44.4 Å². The van der Waals surface area contributed by atoms with Crippen LogP contribution in [0.4, 0.5) is 26.3 Å². The van der Waals surface area contributed by atoms with E-state index in [9.17, 15) is 30.9 Å². The molecule has 6 rings (SSSR count). The van der Waals surface area contributed by atoms with E-state index in [1.807, 2.05) is 5.10 Å². The molecule has 3 heterocycles. The van der Waals surface area contributed by atoms with Crippen LogP contribution in [0.15, 0.2) is 48.7 Å². The van der Waals surface area contributed by atoms with Gasteiger partial charge < -0.3 is 13.9 Å². The molecule has 1 fully saturated rings. The molecule has 0 atom stereocenters. The van der Waals surface area contributed by atoms with Crippen molar-refractivity contribution in [2.45, 2.75) is 31.3 Å². The Balaban J connectivity index is 1.51. The Hall–Kier alpha value is -4.06. The van der Waals surface area contributed by atoms with Crippen molar-refractivity contribution in [3.8, 4) is 34.2 Å². The number of aromatic amines is 1. The SMILES string of the molecule is Cn1c(-c2ccc(P(C)(C)=O)cc2OC(F)(F)F)nc(-c2cccc3nn(-c4cc(C(F)(F)F)[nH]n4)cc23)c1C1CC1. The molecule has 0 radical (unpaired) electrons. The number of halogens is 6. The van der Waals surface area contributed by atoms with Gasteiger partial charge in [0.15, 0.2) is 5.82 Å². The summed E-state index contributed by atoms with van der Waals surface area (Å²) in [5, 5.41) is 10.9. The van der Waals surface area contributed by atoms with Crippen LogP contribution in [-0.4, -0.2) is 49.2 Å². The topological polar surface area (TPSA) is 90.6 Å². The number of H-pyrrole nitrogens is 1. The van der Waals surface area contributed by atoms with Gasteiger partial charge in [0.2, 0.25) is 0 Å². The Morgan fingerprint density at radius 2 is 1.76 bits per heavy atom. The lowest BCUT2D eigenvalue weighted by atomic mass is 10.0. The lowest BCUT2D eigenvalue weighted by molar-refractivity contribution is -0.274. The van der Waals surface area contributed by atoms with Crippen LogP contribution in [0.2, 0.25) is 0 Å². The largest absolute Gasteiger partial charge is 0.573 e. The van der Waals surface area contributed by atoms with Crippen LogP contribution in [0.3, 0.4) is 0 Å². The third kappa shape index (κ3) is 5.19. The monoisotopic (exact) mass is 608 g/mol. The second-order valence-corrected chi connectivity index (χ2v) is 13.7. The van der Waals surface area contributed by atoms with Crippen LogP contribution in [0.25, 0.3) is 39.4 Å². The van der Waals surface area contributed by atoms with E-state index >= 15 is 0 Å². The molecule has 1 aliphatic carbocycles. The van der Waals surface area contributed by atoms with Crippen molar-refractivity contribution in [3.63, 3.8) is 0 Å². The van der Waals surface area contributed by atoms with Gasteiger partial charge in [-0.1, -0.05) is 18.2 Å². The van der Waals surface area contributed by atoms with Crippen LogP contribution in [0, 0.1) is 0 Å². The average molecular weight is 608 g/mol. The molecule has 15 heteroatoms. The van der Waals surface area contributed by atoms with Crippen molar-refractivity contribution in [3.05, 3.63) is 60.0 Å². The number of hydrogen-bond donors (Lipinski definition) is 1. The second-order valence-electron chi connectivity index (χ2n) is 10.5. The van der Waals surface area contributed by atoms with Gasteiger partial charge in [-0.25, -0.2) is 9.67 Å². The van der Waals surface area contributed by atoms with E-state index in [0.29, 0.717) is 22.2 Å². The van der Waals surface area contributed by atoms with Crippen molar-refractivity contribution in [2.24, 2.45) is 7.05 Å². The van der Waals surface area contributed by atoms with Gasteiger partial charge in [0.05, 0.1) is 16.8 Å². The summed E-state index contributed by atoms with van der Waals surface area (Å²) in [6.07, 6.45) is -6.35. The molecule has 0 spiro atoms. The summed E-state index contributed by atoms with van der Waals surface area (Å²) >= 11 is 0. The Morgan fingerprint density at radius 1 is 1.02 bits per heavy atom. The van der Waals surface area contributed by atoms with Crippen molar-refractivity contribution >= 4 is 23.3 Å². The molecule has 0 amide bonds. The standard InChI is InChI=1S/C27H23F6N6O2P/c1-38-24(14-7-8-14)23(34-25(38)17-10-9-15(42(2,3)40)11-20(17)41-27(31,32)33)16-5-4-6-19-18(16)13-39(37-19)22-12-21(35-36-22)26(28,29)30/h4-6,9-14H,7-8H2,1-3H3,(H,35,36). The number of rotatable bonds is 6. The Bertz CT molecular complexity index is 1880. The molecule has 1 N–H and O–H groups in total. The smallest absolute Gasteiger partial charge is 0.405 e. The third-order valence-corrected chi connectivity index (χ3v) is 8.59. The van der Waals surface area contributed by atoms with E-state index in [4.69, 9.17) is 4.98 Å².